The molecule has 0 aromatic carbocycles. The summed E-state index contributed by atoms with van der Waals surface area (Å²) < 4.78 is 0. The molecule has 1 aliphatic heterocycles. The molecule has 0 atom stereocenters. The van der Waals surface area contributed by atoms with Gasteiger partial charge in [0.2, 0.25) is 0 Å². The highest BCUT2D eigenvalue weighted by molar-refractivity contribution is 5.91. The van der Waals surface area contributed by atoms with E-state index in [-0.39, 0.29) is 0 Å². The Morgan fingerprint density at radius 1 is 1.19 bits per heavy atom. The molecule has 2 N–H and O–H groups in total. The van der Waals surface area contributed by atoms with Crippen molar-refractivity contribution in [2.24, 2.45) is 5.73 Å². The fourth-order valence-electron chi connectivity index (χ4n) is 2.04. The zero-order valence-corrected chi connectivity index (χ0v) is 9.35. The molecular formula is C12H17N3O. The number of carbonyl (C=O) groups excluding carboxylic acids is 1. The molecule has 16 heavy (non-hydrogen) atoms. The van der Waals surface area contributed by atoms with Crippen LogP contribution >= 0.6 is 0 Å². The molecular weight excluding hydrogens is 202 g/mol. The summed E-state index contributed by atoms with van der Waals surface area (Å²) in [6, 6.07) is 5.44. The highest BCUT2D eigenvalue weighted by atomic mass is 16.1. The van der Waals surface area contributed by atoms with Gasteiger partial charge >= 0.3 is 0 Å². The van der Waals surface area contributed by atoms with Crippen LogP contribution in [0.4, 0.5) is 5.82 Å². The largest absolute Gasteiger partial charge is 0.364 e. The zero-order chi connectivity index (χ0) is 11.4. The Bertz CT molecular complexity index is 370. The number of anilines is 1. The van der Waals surface area contributed by atoms with E-state index < -0.39 is 5.91 Å². The number of primary amides is 1. The van der Waals surface area contributed by atoms with E-state index in [1.54, 1.807) is 6.07 Å². The average molecular weight is 219 g/mol. The second-order valence-corrected chi connectivity index (χ2v) is 4.15. The van der Waals surface area contributed by atoms with E-state index in [2.05, 4.69) is 9.88 Å². The van der Waals surface area contributed by atoms with E-state index in [1.165, 1.54) is 25.7 Å². The Morgan fingerprint density at radius 3 is 2.50 bits per heavy atom. The summed E-state index contributed by atoms with van der Waals surface area (Å²) in [6.07, 6.45) is 4.96. The first kappa shape index (κ1) is 10.9. The van der Waals surface area contributed by atoms with Crippen molar-refractivity contribution in [2.45, 2.75) is 25.7 Å². The monoisotopic (exact) mass is 219 g/mol. The maximum atomic E-state index is 11.0. The molecule has 0 spiro atoms. The normalized spacial score (nSPS) is 16.9. The SMILES string of the molecule is NC(=O)c1cccc(N2CCCCCC2)n1. The van der Waals surface area contributed by atoms with Gasteiger partial charge in [-0.1, -0.05) is 18.9 Å². The van der Waals surface area contributed by atoms with Gasteiger partial charge < -0.3 is 10.6 Å². The molecule has 1 aliphatic rings. The number of pyridine rings is 1. The topological polar surface area (TPSA) is 59.2 Å². The third-order valence-electron chi connectivity index (χ3n) is 2.92. The summed E-state index contributed by atoms with van der Waals surface area (Å²) in [5, 5.41) is 0. The van der Waals surface area contributed by atoms with Gasteiger partial charge in [-0.3, -0.25) is 4.79 Å². The van der Waals surface area contributed by atoms with Crippen molar-refractivity contribution in [3.05, 3.63) is 23.9 Å². The summed E-state index contributed by atoms with van der Waals surface area (Å²) in [6.45, 7) is 2.05. The fourth-order valence-corrected chi connectivity index (χ4v) is 2.04. The lowest BCUT2D eigenvalue weighted by atomic mass is 10.2. The van der Waals surface area contributed by atoms with Gasteiger partial charge in [0.15, 0.2) is 0 Å². The second-order valence-electron chi connectivity index (χ2n) is 4.15. The Labute approximate surface area is 95.5 Å². The lowest BCUT2D eigenvalue weighted by Crippen LogP contribution is -2.26. The van der Waals surface area contributed by atoms with Gasteiger partial charge in [-0.05, 0) is 25.0 Å². The van der Waals surface area contributed by atoms with E-state index in [0.717, 1.165) is 18.9 Å². The van der Waals surface area contributed by atoms with Crippen molar-refractivity contribution in [3.63, 3.8) is 0 Å². The Morgan fingerprint density at radius 2 is 1.88 bits per heavy atom. The first-order valence-corrected chi connectivity index (χ1v) is 5.79. The molecule has 1 aromatic rings. The van der Waals surface area contributed by atoms with Crippen LogP contribution < -0.4 is 10.6 Å². The number of amides is 1. The minimum absolute atomic E-state index is 0.349. The van der Waals surface area contributed by atoms with Gasteiger partial charge in [-0.2, -0.15) is 0 Å². The molecule has 0 saturated carbocycles. The number of nitrogens with zero attached hydrogens (tertiary/aromatic N) is 2. The highest BCUT2D eigenvalue weighted by Gasteiger charge is 2.12. The number of carbonyl (C=O) groups is 1. The van der Waals surface area contributed by atoms with Crippen molar-refractivity contribution in [1.29, 1.82) is 0 Å². The molecule has 4 nitrogen and oxygen atoms in total. The summed E-state index contributed by atoms with van der Waals surface area (Å²) in [5.41, 5.74) is 5.57. The van der Waals surface area contributed by atoms with Crippen molar-refractivity contribution in [2.75, 3.05) is 18.0 Å². The fraction of sp³-hybridized carbons (Fsp3) is 0.500. The Balaban J connectivity index is 2.18. The zero-order valence-electron chi connectivity index (χ0n) is 9.35. The lowest BCUT2D eigenvalue weighted by Gasteiger charge is -2.21. The van der Waals surface area contributed by atoms with E-state index in [0.29, 0.717) is 5.69 Å². The molecule has 0 aliphatic carbocycles. The lowest BCUT2D eigenvalue weighted by molar-refractivity contribution is 0.0995. The van der Waals surface area contributed by atoms with Crippen LogP contribution in [0.1, 0.15) is 36.2 Å². The van der Waals surface area contributed by atoms with Crippen molar-refractivity contribution in [1.82, 2.24) is 4.98 Å². The van der Waals surface area contributed by atoms with Crippen molar-refractivity contribution >= 4 is 11.7 Å². The molecule has 0 radical (unpaired) electrons. The predicted molar refractivity (Wildman–Crippen MR) is 63.4 cm³/mol. The third kappa shape index (κ3) is 2.51. The van der Waals surface area contributed by atoms with E-state index in [4.69, 9.17) is 5.73 Å². The third-order valence-corrected chi connectivity index (χ3v) is 2.92. The molecule has 1 amide bonds. The van der Waals surface area contributed by atoms with Gasteiger partial charge in [-0.25, -0.2) is 4.98 Å². The first-order valence-electron chi connectivity index (χ1n) is 5.79. The van der Waals surface area contributed by atoms with Gasteiger partial charge in [-0.15, -0.1) is 0 Å². The Kier molecular flexibility index (Phi) is 3.39. The number of rotatable bonds is 2. The molecule has 2 rings (SSSR count). The summed E-state index contributed by atoms with van der Waals surface area (Å²) >= 11 is 0. The number of hydrogen-bond donors (Lipinski definition) is 1. The quantitative estimate of drug-likeness (QED) is 0.821. The minimum Gasteiger partial charge on any atom is -0.364 e. The molecule has 0 unspecified atom stereocenters. The molecule has 1 fully saturated rings. The minimum atomic E-state index is -0.461. The van der Waals surface area contributed by atoms with E-state index in [9.17, 15) is 4.79 Å². The summed E-state index contributed by atoms with van der Waals surface area (Å²) in [4.78, 5) is 17.6. The van der Waals surface area contributed by atoms with Crippen LogP contribution in [0, 0.1) is 0 Å². The molecule has 2 heterocycles. The number of aromatic nitrogens is 1. The smallest absolute Gasteiger partial charge is 0.267 e. The molecule has 1 saturated heterocycles. The standard InChI is InChI=1S/C12H17N3O/c13-12(16)10-6-5-7-11(14-10)15-8-3-1-2-4-9-15/h5-7H,1-4,8-9H2,(H2,13,16). The molecule has 86 valence electrons. The van der Waals surface area contributed by atoms with E-state index >= 15 is 0 Å². The van der Waals surface area contributed by atoms with Crippen molar-refractivity contribution < 1.29 is 4.79 Å². The van der Waals surface area contributed by atoms with Crippen LogP contribution in [0.5, 0.6) is 0 Å². The van der Waals surface area contributed by atoms with Crippen LogP contribution in [0.15, 0.2) is 18.2 Å². The van der Waals surface area contributed by atoms with Crippen molar-refractivity contribution in [3.8, 4) is 0 Å². The Hall–Kier alpha value is -1.58. The first-order chi connectivity index (χ1) is 7.77. The maximum Gasteiger partial charge on any atom is 0.267 e. The predicted octanol–water partition coefficient (Wildman–Crippen LogP) is 1.56. The molecule has 1 aromatic heterocycles. The van der Waals surface area contributed by atoms with Gasteiger partial charge in [0.1, 0.15) is 11.5 Å². The highest BCUT2D eigenvalue weighted by Crippen LogP contribution is 2.17. The van der Waals surface area contributed by atoms with Crippen LogP contribution in [0.25, 0.3) is 0 Å². The van der Waals surface area contributed by atoms with Gasteiger partial charge in [0, 0.05) is 13.1 Å². The average Bonchev–Trinajstić information content (AvgIpc) is 2.57. The van der Waals surface area contributed by atoms with E-state index in [1.807, 2.05) is 12.1 Å². The maximum absolute atomic E-state index is 11.0. The second kappa shape index (κ2) is 4.96. The number of hydrogen-bond acceptors (Lipinski definition) is 3. The van der Waals surface area contributed by atoms with Crippen LogP contribution in [-0.4, -0.2) is 24.0 Å². The molecule has 0 bridgehead atoms. The van der Waals surface area contributed by atoms with Crippen LogP contribution in [0.3, 0.4) is 0 Å². The van der Waals surface area contributed by atoms with Crippen LogP contribution in [0.2, 0.25) is 0 Å². The number of nitrogens with two attached hydrogens (primary N) is 1. The summed E-state index contributed by atoms with van der Waals surface area (Å²) in [5.74, 6) is 0.412. The van der Waals surface area contributed by atoms with Crippen LogP contribution in [-0.2, 0) is 0 Å². The summed E-state index contributed by atoms with van der Waals surface area (Å²) in [7, 11) is 0. The molecule has 4 heteroatoms. The van der Waals surface area contributed by atoms with Gasteiger partial charge in [0.05, 0.1) is 0 Å². The van der Waals surface area contributed by atoms with Gasteiger partial charge in [0.25, 0.3) is 5.91 Å².